The van der Waals surface area contributed by atoms with Crippen LogP contribution in [0.25, 0.3) is 10.9 Å². The summed E-state index contributed by atoms with van der Waals surface area (Å²) in [7, 11) is 4.93. The van der Waals surface area contributed by atoms with Crippen LogP contribution in [0.15, 0.2) is 42.6 Å². The number of carbonyl (C=O) groups excluding carboxylic acids is 2. The smallest absolute Gasteiger partial charge is 0.337 e. The average molecular weight is 423 g/mol. The molecule has 3 rings (SSSR count). The summed E-state index contributed by atoms with van der Waals surface area (Å²) < 4.78 is 12.4. The zero-order valence-corrected chi connectivity index (χ0v) is 19.0. The lowest BCUT2D eigenvalue weighted by molar-refractivity contribution is 0.0600. The molecule has 2 aromatic carbocycles. The fourth-order valence-corrected chi connectivity index (χ4v) is 3.54. The summed E-state index contributed by atoms with van der Waals surface area (Å²) in [5.74, 6) is 0.145. The minimum Gasteiger partial charge on any atom is -0.496 e. The van der Waals surface area contributed by atoms with Crippen molar-refractivity contribution in [1.82, 2.24) is 9.88 Å². The molecule has 31 heavy (non-hydrogen) atoms. The Morgan fingerprint density at radius 3 is 2.35 bits per heavy atom. The van der Waals surface area contributed by atoms with Crippen molar-refractivity contribution in [3.63, 3.8) is 0 Å². The summed E-state index contributed by atoms with van der Waals surface area (Å²) in [5, 5.41) is 4.03. The fraction of sp³-hybridized carbons (Fsp3) is 0.360. The van der Waals surface area contributed by atoms with Crippen LogP contribution in [0.1, 0.15) is 52.6 Å². The number of amides is 1. The maximum absolute atomic E-state index is 12.7. The number of aryl methyl sites for hydroxylation is 1. The number of ether oxygens (including phenoxy) is 2. The first kappa shape index (κ1) is 22.4. The average Bonchev–Trinajstić information content (AvgIpc) is 3.05. The van der Waals surface area contributed by atoms with Crippen LogP contribution in [0.5, 0.6) is 5.75 Å². The normalized spacial score (nSPS) is 11.4. The van der Waals surface area contributed by atoms with Gasteiger partial charge in [-0.15, -0.1) is 0 Å². The van der Waals surface area contributed by atoms with Crippen LogP contribution in [0.2, 0.25) is 0 Å². The van der Waals surface area contributed by atoms with Crippen LogP contribution >= 0.6 is 0 Å². The van der Waals surface area contributed by atoms with Gasteiger partial charge in [0.05, 0.1) is 19.8 Å². The van der Waals surface area contributed by atoms with E-state index in [0.717, 1.165) is 22.0 Å². The minimum atomic E-state index is -0.402. The molecule has 0 saturated carbocycles. The van der Waals surface area contributed by atoms with Gasteiger partial charge < -0.3 is 19.4 Å². The fourth-order valence-electron chi connectivity index (χ4n) is 3.54. The van der Waals surface area contributed by atoms with Crippen molar-refractivity contribution in [2.24, 2.45) is 12.5 Å². The van der Waals surface area contributed by atoms with Gasteiger partial charge in [-0.25, -0.2) is 4.79 Å². The molecule has 0 fully saturated rings. The summed E-state index contributed by atoms with van der Waals surface area (Å²) in [6.07, 6.45) is 2.67. The van der Waals surface area contributed by atoms with Crippen molar-refractivity contribution in [2.75, 3.05) is 20.8 Å². The molecule has 0 radical (unpaired) electrons. The van der Waals surface area contributed by atoms with Crippen LogP contribution in [0.4, 0.5) is 0 Å². The molecule has 1 aromatic heterocycles. The van der Waals surface area contributed by atoms with E-state index >= 15 is 0 Å². The van der Waals surface area contributed by atoms with Crippen molar-refractivity contribution in [1.29, 1.82) is 0 Å². The Morgan fingerprint density at radius 2 is 1.71 bits per heavy atom. The Kier molecular flexibility index (Phi) is 6.39. The largest absolute Gasteiger partial charge is 0.496 e. The topological polar surface area (TPSA) is 69.6 Å². The molecule has 1 amide bonds. The molecule has 0 aliphatic carbocycles. The molecule has 0 aliphatic rings. The van der Waals surface area contributed by atoms with Crippen molar-refractivity contribution in [2.45, 2.75) is 27.2 Å². The van der Waals surface area contributed by atoms with Crippen molar-refractivity contribution in [3.8, 4) is 5.75 Å². The van der Waals surface area contributed by atoms with Gasteiger partial charge in [0.15, 0.2) is 0 Å². The van der Waals surface area contributed by atoms with Gasteiger partial charge in [0.1, 0.15) is 5.75 Å². The zero-order valence-electron chi connectivity index (χ0n) is 19.0. The second-order valence-electron chi connectivity index (χ2n) is 8.94. The number of benzene rings is 2. The van der Waals surface area contributed by atoms with Gasteiger partial charge in [0.25, 0.3) is 5.91 Å². The van der Waals surface area contributed by atoms with Crippen molar-refractivity contribution < 1.29 is 19.1 Å². The molecule has 164 valence electrons. The lowest BCUT2D eigenvalue weighted by Crippen LogP contribution is -2.32. The third kappa shape index (κ3) is 5.08. The van der Waals surface area contributed by atoms with Crippen molar-refractivity contribution >= 4 is 22.8 Å². The van der Waals surface area contributed by atoms with Gasteiger partial charge in [-0.05, 0) is 46.9 Å². The highest BCUT2D eigenvalue weighted by Crippen LogP contribution is 2.29. The summed E-state index contributed by atoms with van der Waals surface area (Å²) in [4.78, 5) is 24.5. The van der Waals surface area contributed by atoms with E-state index in [2.05, 4.69) is 36.9 Å². The molecule has 6 heteroatoms. The molecule has 3 aromatic rings. The van der Waals surface area contributed by atoms with Crippen LogP contribution in [-0.4, -0.2) is 37.2 Å². The van der Waals surface area contributed by atoms with Crippen LogP contribution in [-0.2, 0) is 18.2 Å². The van der Waals surface area contributed by atoms with E-state index in [-0.39, 0.29) is 11.3 Å². The monoisotopic (exact) mass is 422 g/mol. The number of esters is 1. The minimum absolute atomic E-state index is 0.0184. The number of hydrogen-bond acceptors (Lipinski definition) is 4. The van der Waals surface area contributed by atoms with E-state index in [1.807, 2.05) is 31.3 Å². The van der Waals surface area contributed by atoms with Crippen LogP contribution in [0, 0.1) is 5.41 Å². The van der Waals surface area contributed by atoms with E-state index in [4.69, 9.17) is 9.47 Å². The number of rotatable bonds is 6. The molecular weight excluding hydrogens is 392 g/mol. The molecule has 0 bridgehead atoms. The molecule has 6 nitrogen and oxygen atoms in total. The quantitative estimate of drug-likeness (QED) is 0.600. The van der Waals surface area contributed by atoms with E-state index < -0.39 is 5.97 Å². The number of methoxy groups -OCH3 is 2. The first-order valence-corrected chi connectivity index (χ1v) is 10.2. The van der Waals surface area contributed by atoms with E-state index in [1.165, 1.54) is 7.11 Å². The van der Waals surface area contributed by atoms with Gasteiger partial charge in [-0.3, -0.25) is 4.79 Å². The predicted molar refractivity (Wildman–Crippen MR) is 122 cm³/mol. The molecule has 0 saturated heterocycles. The number of aromatic nitrogens is 1. The highest BCUT2D eigenvalue weighted by atomic mass is 16.5. The second kappa shape index (κ2) is 8.84. The van der Waals surface area contributed by atoms with Gasteiger partial charge in [0.2, 0.25) is 0 Å². The number of fused-ring (bicyclic) bond motifs is 1. The molecule has 1 heterocycles. The first-order chi connectivity index (χ1) is 14.6. The Hall–Kier alpha value is -3.28. The van der Waals surface area contributed by atoms with Gasteiger partial charge in [-0.1, -0.05) is 26.8 Å². The zero-order chi connectivity index (χ0) is 22.8. The Morgan fingerprint density at radius 1 is 1.00 bits per heavy atom. The van der Waals surface area contributed by atoms with Crippen LogP contribution in [0.3, 0.4) is 0 Å². The lowest BCUT2D eigenvalue weighted by Gasteiger charge is -2.18. The summed E-state index contributed by atoms with van der Waals surface area (Å²) in [5.41, 5.74) is 4.17. The molecule has 0 atom stereocenters. The lowest BCUT2D eigenvalue weighted by atomic mass is 9.96. The Bertz CT molecular complexity index is 1120. The molecule has 0 aliphatic heterocycles. The number of nitrogens with zero attached hydrogens (tertiary/aromatic N) is 1. The molecule has 0 spiro atoms. The number of carbonyl (C=O) groups is 2. The summed E-state index contributed by atoms with van der Waals surface area (Å²) in [6, 6.07) is 11.1. The number of nitrogens with one attached hydrogen (secondary N) is 1. The SMILES string of the molecule is COC(=O)c1ccc(Cc2cn(C)c3ccc(C(=O)NCC(C)(C)C)cc23)c(OC)c1. The maximum Gasteiger partial charge on any atom is 0.337 e. The van der Waals surface area contributed by atoms with E-state index in [0.29, 0.717) is 29.8 Å². The summed E-state index contributed by atoms with van der Waals surface area (Å²) in [6.45, 7) is 6.87. The molecule has 0 unspecified atom stereocenters. The van der Waals surface area contributed by atoms with E-state index in [1.54, 1.807) is 19.2 Å². The summed E-state index contributed by atoms with van der Waals surface area (Å²) >= 11 is 0. The van der Waals surface area contributed by atoms with Gasteiger partial charge in [-0.2, -0.15) is 0 Å². The Labute approximate surface area is 183 Å². The van der Waals surface area contributed by atoms with Crippen molar-refractivity contribution in [3.05, 3.63) is 64.8 Å². The number of hydrogen-bond donors (Lipinski definition) is 1. The highest BCUT2D eigenvalue weighted by Gasteiger charge is 2.17. The third-order valence-corrected chi connectivity index (χ3v) is 5.20. The third-order valence-electron chi connectivity index (χ3n) is 5.20. The Balaban J connectivity index is 1.94. The van der Waals surface area contributed by atoms with E-state index in [9.17, 15) is 9.59 Å². The molecule has 1 N–H and O–H groups in total. The van der Waals surface area contributed by atoms with Gasteiger partial charge in [0, 0.05) is 42.7 Å². The standard InChI is InChI=1S/C25H30N2O4/c1-25(2,3)15-26-23(28)17-9-10-21-20(12-17)19(14-27(21)4)11-16-7-8-18(24(29)31-6)13-22(16)30-5/h7-10,12-14H,11,15H2,1-6H3,(H,26,28). The highest BCUT2D eigenvalue weighted by molar-refractivity contribution is 5.99. The second-order valence-corrected chi connectivity index (χ2v) is 8.94. The van der Waals surface area contributed by atoms with Crippen LogP contribution < -0.4 is 10.1 Å². The first-order valence-electron chi connectivity index (χ1n) is 10.2. The van der Waals surface area contributed by atoms with Gasteiger partial charge >= 0.3 is 5.97 Å². The molecular formula is C25H30N2O4. The maximum atomic E-state index is 12.7. The predicted octanol–water partition coefficient (Wildman–Crippen LogP) is 4.34.